The predicted octanol–water partition coefficient (Wildman–Crippen LogP) is 4.95. The molecule has 2 unspecified atom stereocenters. The molecule has 3 saturated carbocycles. The van der Waals surface area contributed by atoms with Crippen LogP contribution in [0.4, 0.5) is 8.78 Å². The average Bonchev–Trinajstić information content (AvgIpc) is 3.11. The first-order valence-corrected chi connectivity index (χ1v) is 16.7. The van der Waals surface area contributed by atoms with E-state index in [2.05, 4.69) is 16.4 Å². The predicted molar refractivity (Wildman–Crippen MR) is 180 cm³/mol. The Morgan fingerprint density at radius 1 is 0.979 bits per heavy atom. The maximum absolute atomic E-state index is 12.7. The standard InChI is InChI=1S/C11H21N2O3P.2C8H6ClFO2.C5H13NO/c1-12-10-3-5-11(13-2,6-4-10)9(7-10)15-8-16-17-14;2*9-7-2-1-6(5-8(7)10)12-4-3-11;1-3-5(2,6)4-7/h9,12-13H,3-8H2,1-2H3;2*1-3,5H,4H2;7H,3-4,6H2,1-2H3/p+1. The number of halogens is 4. The van der Waals surface area contributed by atoms with Gasteiger partial charge in [0, 0.05) is 29.6 Å². The second-order valence-corrected chi connectivity index (χ2v) is 12.8. The molecule has 3 aliphatic carbocycles. The summed E-state index contributed by atoms with van der Waals surface area (Å²) < 4.78 is 55.8. The van der Waals surface area contributed by atoms with Gasteiger partial charge >= 0.3 is 8.69 Å². The first kappa shape index (κ1) is 43.7. The van der Waals surface area contributed by atoms with E-state index in [4.69, 9.17) is 47.0 Å². The molecule has 3 fully saturated rings. The van der Waals surface area contributed by atoms with Crippen molar-refractivity contribution in [2.45, 2.75) is 75.1 Å². The molecule has 0 heterocycles. The maximum atomic E-state index is 12.7. The molecule has 5 rings (SSSR count). The molecule has 0 amide bonds. The normalized spacial score (nSPS) is 22.0. The summed E-state index contributed by atoms with van der Waals surface area (Å²) in [6.07, 6.45) is 7.83. The van der Waals surface area contributed by atoms with Gasteiger partial charge in [-0.1, -0.05) is 30.1 Å². The second-order valence-electron chi connectivity index (χ2n) is 11.5. The molecule has 16 heteroatoms. The highest BCUT2D eigenvalue weighted by Crippen LogP contribution is 2.47. The van der Waals surface area contributed by atoms with Gasteiger partial charge in [-0.05, 0) is 77.4 Å². The van der Waals surface area contributed by atoms with Gasteiger partial charge in [0.15, 0.2) is 19.4 Å². The molecule has 11 nitrogen and oxygen atoms in total. The molecular formula is C32H47Cl2F2N3O8P+. The zero-order valence-electron chi connectivity index (χ0n) is 27.7. The first-order valence-electron chi connectivity index (χ1n) is 15.2. The largest absolute Gasteiger partial charge is 0.486 e. The topological polar surface area (TPSA) is 160 Å². The second kappa shape index (κ2) is 22.4. The molecule has 0 radical (unpaired) electrons. The Kier molecular flexibility index (Phi) is 20.4. The summed E-state index contributed by atoms with van der Waals surface area (Å²) in [5.41, 5.74) is 3.94. The van der Waals surface area contributed by atoms with Crippen LogP contribution in [0.15, 0.2) is 36.4 Å². The number of hydrogen-bond acceptors (Lipinski definition) is 10. The third-order valence-corrected chi connectivity index (χ3v) is 9.17. The van der Waals surface area contributed by atoms with Crippen LogP contribution in [0.2, 0.25) is 10.0 Å². The van der Waals surface area contributed by atoms with Crippen molar-refractivity contribution in [1.29, 1.82) is 0 Å². The lowest BCUT2D eigenvalue weighted by Gasteiger charge is -2.57. The lowest BCUT2D eigenvalue weighted by atomic mass is 9.60. The fraction of sp³-hybridized carbons (Fsp3) is 0.562. The number of quaternary nitrogens is 1. The van der Waals surface area contributed by atoms with Gasteiger partial charge < -0.3 is 35.7 Å². The van der Waals surface area contributed by atoms with Crippen LogP contribution in [-0.4, -0.2) is 81.1 Å². The fourth-order valence-electron chi connectivity index (χ4n) is 4.87. The van der Waals surface area contributed by atoms with Gasteiger partial charge in [0.25, 0.3) is 0 Å². The van der Waals surface area contributed by atoms with Crippen molar-refractivity contribution in [3.63, 3.8) is 0 Å². The molecule has 2 aromatic carbocycles. The molecule has 270 valence electrons. The Morgan fingerprint density at radius 3 is 1.81 bits per heavy atom. The number of fused-ring (bicyclic) bond motifs is 3. The number of aldehydes is 2. The molecule has 6 N–H and O–H groups in total. The van der Waals surface area contributed by atoms with E-state index in [1.165, 1.54) is 37.1 Å². The summed E-state index contributed by atoms with van der Waals surface area (Å²) >= 11 is 10.8. The summed E-state index contributed by atoms with van der Waals surface area (Å²) in [7, 11) is 3.71. The highest BCUT2D eigenvalue weighted by Gasteiger charge is 2.53. The fourth-order valence-corrected chi connectivity index (χ4v) is 5.21. The zero-order chi connectivity index (χ0) is 36.2. The van der Waals surface area contributed by atoms with Crippen molar-refractivity contribution >= 4 is 44.5 Å². The summed E-state index contributed by atoms with van der Waals surface area (Å²) in [4.78, 5) is 19.8. The number of carbonyl (C=O) groups is 2. The van der Waals surface area contributed by atoms with Crippen LogP contribution in [0.25, 0.3) is 0 Å². The molecule has 2 bridgehead atoms. The molecule has 48 heavy (non-hydrogen) atoms. The minimum atomic E-state index is -0.555. The minimum Gasteiger partial charge on any atom is -0.486 e. The van der Waals surface area contributed by atoms with Crippen molar-refractivity contribution in [3.05, 3.63) is 58.1 Å². The van der Waals surface area contributed by atoms with Crippen LogP contribution in [0, 0.1) is 11.6 Å². The zero-order valence-corrected chi connectivity index (χ0v) is 30.1. The first-order chi connectivity index (χ1) is 22.8. The summed E-state index contributed by atoms with van der Waals surface area (Å²) in [6, 6.07) is 8.00. The lowest BCUT2D eigenvalue weighted by Crippen LogP contribution is -2.72. The van der Waals surface area contributed by atoms with Crippen molar-refractivity contribution in [1.82, 2.24) is 10.6 Å². The molecule has 2 atom stereocenters. The molecule has 0 saturated heterocycles. The van der Waals surface area contributed by atoms with Gasteiger partial charge in [0.2, 0.25) is 0 Å². The van der Waals surface area contributed by atoms with Crippen molar-refractivity contribution in [2.24, 2.45) is 0 Å². The van der Waals surface area contributed by atoms with Crippen LogP contribution in [0.5, 0.6) is 11.5 Å². The van der Waals surface area contributed by atoms with Gasteiger partial charge in [-0.25, -0.2) is 13.3 Å². The van der Waals surface area contributed by atoms with Crippen molar-refractivity contribution < 1.29 is 52.5 Å². The third-order valence-electron chi connectivity index (χ3n) is 8.35. The van der Waals surface area contributed by atoms with E-state index in [0.717, 1.165) is 37.8 Å². The molecule has 3 aliphatic rings. The summed E-state index contributed by atoms with van der Waals surface area (Å²) in [5.74, 6) is -0.520. The number of aliphatic hydroxyl groups excluding tert-OH is 1. The van der Waals surface area contributed by atoms with Gasteiger partial charge in [0.05, 0.1) is 22.8 Å². The maximum Gasteiger partial charge on any atom is 0.329 e. The van der Waals surface area contributed by atoms with Gasteiger partial charge in [-0.2, -0.15) is 0 Å². The molecule has 0 aromatic heterocycles. The van der Waals surface area contributed by atoms with Gasteiger partial charge in [-0.15, -0.1) is 0 Å². The highest BCUT2D eigenvalue weighted by atomic mass is 35.5. The number of hydrogen-bond donors (Lipinski definition) is 4. The number of rotatable bonds is 14. The van der Waals surface area contributed by atoms with Crippen LogP contribution in [0.3, 0.4) is 0 Å². The van der Waals surface area contributed by atoms with Gasteiger partial charge in [-0.3, -0.25) is 14.1 Å². The Hall–Kier alpha value is -2.32. The molecule has 2 aromatic rings. The number of carbonyl (C=O) groups excluding carboxylic acids is 2. The highest BCUT2D eigenvalue weighted by molar-refractivity contribution is 7.17. The Labute approximate surface area is 292 Å². The number of nitrogens with one attached hydrogen (secondary N) is 2. The molecular weight excluding hydrogens is 694 g/mol. The Bertz CT molecular complexity index is 1210. The Balaban J connectivity index is 0.000000334. The monoisotopic (exact) mass is 740 g/mol. The van der Waals surface area contributed by atoms with Crippen LogP contribution < -0.4 is 25.8 Å². The van der Waals surface area contributed by atoms with Gasteiger partial charge in [0.1, 0.15) is 41.9 Å². The smallest absolute Gasteiger partial charge is 0.329 e. The SMILES string of the molecule is CCC(C)([NH3+])CO.CNC12CCC(NC)(CC1)C(OCOP=O)C2.O=CCOc1ccc(Cl)c(F)c1.O=CCOc1ccc(Cl)c(F)c1. The van der Waals surface area contributed by atoms with Crippen LogP contribution >= 0.6 is 31.9 Å². The summed E-state index contributed by atoms with van der Waals surface area (Å²) in [6.45, 7) is 4.07. The van der Waals surface area contributed by atoms with Crippen LogP contribution in [-0.2, 0) is 23.4 Å². The summed E-state index contributed by atoms with van der Waals surface area (Å²) in [5, 5.41) is 15.5. The number of benzene rings is 2. The van der Waals surface area contributed by atoms with E-state index < -0.39 is 11.6 Å². The minimum absolute atomic E-state index is 0.0356. The number of aliphatic hydroxyl groups is 1. The van der Waals surface area contributed by atoms with E-state index >= 15 is 0 Å². The Morgan fingerprint density at radius 2 is 1.48 bits per heavy atom. The van der Waals surface area contributed by atoms with Crippen LogP contribution in [0.1, 0.15) is 52.4 Å². The number of likely N-dealkylation sites (N-methyl/N-ethyl adjacent to an activating group) is 1. The molecule has 0 aliphatic heterocycles. The van der Waals surface area contributed by atoms with E-state index in [0.29, 0.717) is 24.1 Å². The quantitative estimate of drug-likeness (QED) is 0.0904. The van der Waals surface area contributed by atoms with E-state index in [1.807, 2.05) is 27.9 Å². The third kappa shape index (κ3) is 14.7. The lowest BCUT2D eigenvalue weighted by molar-refractivity contribution is -0.478. The van der Waals surface area contributed by atoms with Crippen molar-refractivity contribution in [3.8, 4) is 11.5 Å². The van der Waals surface area contributed by atoms with E-state index in [9.17, 15) is 22.9 Å². The van der Waals surface area contributed by atoms with Crippen molar-refractivity contribution in [2.75, 3.05) is 40.7 Å². The molecule has 0 spiro atoms. The number of ether oxygens (including phenoxy) is 3. The van der Waals surface area contributed by atoms with E-state index in [-0.39, 0.29) is 68.1 Å². The average molecular weight is 742 g/mol. The van der Waals surface area contributed by atoms with E-state index in [1.54, 1.807) is 0 Å².